The van der Waals surface area contributed by atoms with Crippen molar-refractivity contribution in [2.45, 2.75) is 58.6 Å². The molecule has 1 unspecified atom stereocenters. The molecule has 0 aliphatic carbocycles. The Morgan fingerprint density at radius 3 is 2.38 bits per heavy atom. The Balaban J connectivity index is 2.05. The van der Waals surface area contributed by atoms with Crippen LogP contribution in [0.4, 0.5) is 4.79 Å². The van der Waals surface area contributed by atoms with E-state index in [1.807, 2.05) is 6.07 Å². The summed E-state index contributed by atoms with van der Waals surface area (Å²) in [5.41, 5.74) is 0.754. The SMILES string of the molecule is COc1c(C2CCCCN2)cc(OC(=O)OC(C)(C)C)c(C(=O)Oc2ccccc2)c1C. The standard InChI is InChI=1S/C25H31NO6/c1-16-21(23(27)30-17-11-7-6-8-12-17)20(31-24(28)32-25(2,3)4)15-18(22(16)29-5)19-13-9-10-14-26-19/h6-8,11-12,15,19,26H,9-10,13-14H2,1-5H3. The minimum absolute atomic E-state index is 0.0255. The molecule has 0 amide bonds. The molecular weight excluding hydrogens is 410 g/mol. The lowest BCUT2D eigenvalue weighted by Crippen LogP contribution is -2.29. The number of hydrogen-bond donors (Lipinski definition) is 1. The van der Waals surface area contributed by atoms with Gasteiger partial charge in [0.05, 0.1) is 7.11 Å². The van der Waals surface area contributed by atoms with E-state index in [1.54, 1.807) is 65.1 Å². The van der Waals surface area contributed by atoms with Crippen LogP contribution in [0.25, 0.3) is 0 Å². The first-order chi connectivity index (χ1) is 15.2. The number of piperidine rings is 1. The maximum atomic E-state index is 13.2. The van der Waals surface area contributed by atoms with E-state index >= 15 is 0 Å². The number of ether oxygens (including phenoxy) is 4. The van der Waals surface area contributed by atoms with Gasteiger partial charge in [-0.1, -0.05) is 24.6 Å². The number of esters is 1. The van der Waals surface area contributed by atoms with Crippen molar-refractivity contribution < 1.29 is 28.5 Å². The fraction of sp³-hybridized carbons (Fsp3) is 0.440. The van der Waals surface area contributed by atoms with Crippen LogP contribution in [0, 0.1) is 6.92 Å². The molecule has 1 aliphatic rings. The summed E-state index contributed by atoms with van der Waals surface area (Å²) in [4.78, 5) is 25.6. The van der Waals surface area contributed by atoms with Crippen molar-refractivity contribution in [2.75, 3.05) is 13.7 Å². The second-order valence-electron chi connectivity index (χ2n) is 8.77. The maximum absolute atomic E-state index is 13.2. The summed E-state index contributed by atoms with van der Waals surface area (Å²) in [7, 11) is 1.56. The van der Waals surface area contributed by atoms with Gasteiger partial charge in [0.1, 0.15) is 28.4 Å². The number of methoxy groups -OCH3 is 1. The van der Waals surface area contributed by atoms with Gasteiger partial charge in [-0.2, -0.15) is 0 Å². The molecule has 32 heavy (non-hydrogen) atoms. The van der Waals surface area contributed by atoms with E-state index in [0.29, 0.717) is 17.1 Å². The van der Waals surface area contributed by atoms with Crippen LogP contribution >= 0.6 is 0 Å². The molecule has 7 heteroatoms. The quantitative estimate of drug-likeness (QED) is 0.380. The molecule has 3 rings (SSSR count). The summed E-state index contributed by atoms with van der Waals surface area (Å²) in [6.07, 6.45) is 2.19. The fourth-order valence-electron chi connectivity index (χ4n) is 3.78. The van der Waals surface area contributed by atoms with Crippen molar-refractivity contribution in [3.05, 3.63) is 53.1 Å². The van der Waals surface area contributed by atoms with Gasteiger partial charge >= 0.3 is 12.1 Å². The molecule has 1 saturated heterocycles. The maximum Gasteiger partial charge on any atom is 0.514 e. The highest BCUT2D eigenvalue weighted by Gasteiger charge is 2.30. The molecule has 1 aliphatic heterocycles. The zero-order valence-electron chi connectivity index (χ0n) is 19.3. The van der Waals surface area contributed by atoms with Crippen molar-refractivity contribution in [2.24, 2.45) is 0 Å². The summed E-state index contributed by atoms with van der Waals surface area (Å²) in [6, 6.07) is 10.4. The second-order valence-corrected chi connectivity index (χ2v) is 8.77. The summed E-state index contributed by atoms with van der Waals surface area (Å²) < 4.78 is 22.1. The highest BCUT2D eigenvalue weighted by Crippen LogP contribution is 2.40. The van der Waals surface area contributed by atoms with E-state index in [4.69, 9.17) is 18.9 Å². The molecule has 2 aromatic rings. The van der Waals surface area contributed by atoms with Crippen LogP contribution in [0.2, 0.25) is 0 Å². The summed E-state index contributed by atoms with van der Waals surface area (Å²) >= 11 is 0. The van der Waals surface area contributed by atoms with Gasteiger partial charge in [0, 0.05) is 17.2 Å². The lowest BCUT2D eigenvalue weighted by Gasteiger charge is -2.27. The van der Waals surface area contributed by atoms with Gasteiger partial charge < -0.3 is 24.3 Å². The Kier molecular flexibility index (Phi) is 7.40. The normalized spacial score (nSPS) is 16.2. The van der Waals surface area contributed by atoms with Gasteiger partial charge in [0.2, 0.25) is 0 Å². The molecule has 1 fully saturated rings. The third-order valence-electron chi connectivity index (χ3n) is 5.14. The average Bonchev–Trinajstić information content (AvgIpc) is 2.73. The molecule has 1 N–H and O–H groups in total. The van der Waals surface area contributed by atoms with Crippen LogP contribution in [-0.4, -0.2) is 31.4 Å². The number of nitrogens with one attached hydrogen (secondary N) is 1. The Morgan fingerprint density at radius 2 is 1.78 bits per heavy atom. The smallest absolute Gasteiger partial charge is 0.496 e. The van der Waals surface area contributed by atoms with Crippen LogP contribution in [0.15, 0.2) is 36.4 Å². The molecule has 0 aromatic heterocycles. The molecule has 2 aromatic carbocycles. The minimum atomic E-state index is -0.890. The summed E-state index contributed by atoms with van der Waals surface area (Å²) in [5, 5.41) is 3.48. The number of hydrogen-bond acceptors (Lipinski definition) is 7. The molecule has 0 radical (unpaired) electrons. The lowest BCUT2D eigenvalue weighted by atomic mass is 9.92. The molecule has 1 atom stereocenters. The first-order valence-electron chi connectivity index (χ1n) is 10.8. The van der Waals surface area contributed by atoms with E-state index in [1.165, 1.54) is 0 Å². The van der Waals surface area contributed by atoms with Gasteiger partial charge in [-0.25, -0.2) is 9.59 Å². The summed E-state index contributed by atoms with van der Waals surface area (Å²) in [5.74, 6) is 0.396. The number of benzene rings is 2. The zero-order valence-corrected chi connectivity index (χ0v) is 19.3. The Labute approximate surface area is 189 Å². The Morgan fingerprint density at radius 1 is 1.06 bits per heavy atom. The number of para-hydroxylation sites is 1. The molecular formula is C25H31NO6. The van der Waals surface area contributed by atoms with Crippen LogP contribution in [0.5, 0.6) is 17.2 Å². The highest BCUT2D eigenvalue weighted by atomic mass is 16.7. The van der Waals surface area contributed by atoms with Gasteiger partial charge in [-0.3, -0.25) is 0 Å². The zero-order chi connectivity index (χ0) is 23.3. The Bertz CT molecular complexity index is 959. The van der Waals surface area contributed by atoms with Crippen LogP contribution in [0.1, 0.15) is 67.6 Å². The first kappa shape index (κ1) is 23.6. The van der Waals surface area contributed by atoms with Crippen LogP contribution < -0.4 is 19.5 Å². The Hall–Kier alpha value is -3.06. The van der Waals surface area contributed by atoms with Gasteiger partial charge in [-0.15, -0.1) is 0 Å². The summed E-state index contributed by atoms with van der Waals surface area (Å²) in [6.45, 7) is 7.88. The molecule has 172 valence electrons. The van der Waals surface area contributed by atoms with E-state index in [2.05, 4.69) is 5.32 Å². The second kappa shape index (κ2) is 10.0. The third-order valence-corrected chi connectivity index (χ3v) is 5.14. The fourth-order valence-corrected chi connectivity index (χ4v) is 3.78. The number of rotatable bonds is 5. The van der Waals surface area contributed by atoms with E-state index in [-0.39, 0.29) is 17.4 Å². The van der Waals surface area contributed by atoms with E-state index in [0.717, 1.165) is 31.4 Å². The molecule has 1 heterocycles. The van der Waals surface area contributed by atoms with Crippen molar-refractivity contribution in [3.63, 3.8) is 0 Å². The molecule has 0 spiro atoms. The van der Waals surface area contributed by atoms with Crippen molar-refractivity contribution >= 4 is 12.1 Å². The van der Waals surface area contributed by atoms with E-state index in [9.17, 15) is 9.59 Å². The lowest BCUT2D eigenvalue weighted by molar-refractivity contribution is 0.0203. The van der Waals surface area contributed by atoms with Gasteiger partial charge in [-0.05, 0) is 65.3 Å². The van der Waals surface area contributed by atoms with Crippen molar-refractivity contribution in [1.82, 2.24) is 5.32 Å². The predicted octanol–water partition coefficient (Wildman–Crippen LogP) is 5.35. The minimum Gasteiger partial charge on any atom is -0.496 e. The number of carbonyl (C=O) groups is 2. The van der Waals surface area contributed by atoms with Crippen LogP contribution in [0.3, 0.4) is 0 Å². The highest BCUT2D eigenvalue weighted by molar-refractivity contribution is 5.97. The van der Waals surface area contributed by atoms with Crippen molar-refractivity contribution in [1.29, 1.82) is 0 Å². The van der Waals surface area contributed by atoms with Gasteiger partial charge in [0.25, 0.3) is 0 Å². The van der Waals surface area contributed by atoms with E-state index < -0.39 is 17.7 Å². The topological polar surface area (TPSA) is 83.1 Å². The number of carbonyl (C=O) groups excluding carboxylic acids is 2. The molecule has 7 nitrogen and oxygen atoms in total. The average molecular weight is 442 g/mol. The molecule has 0 bridgehead atoms. The third kappa shape index (κ3) is 5.79. The largest absolute Gasteiger partial charge is 0.514 e. The van der Waals surface area contributed by atoms with Crippen molar-refractivity contribution in [3.8, 4) is 17.2 Å². The molecule has 0 saturated carbocycles. The monoisotopic (exact) mass is 441 g/mol. The van der Waals surface area contributed by atoms with Crippen LogP contribution in [-0.2, 0) is 4.74 Å². The first-order valence-corrected chi connectivity index (χ1v) is 10.8. The van der Waals surface area contributed by atoms with Gasteiger partial charge in [0.15, 0.2) is 0 Å². The predicted molar refractivity (Wildman–Crippen MR) is 121 cm³/mol.